The molecule has 0 aromatic rings. The van der Waals surface area contributed by atoms with Crippen molar-refractivity contribution >= 4 is 23.3 Å². The van der Waals surface area contributed by atoms with E-state index in [4.69, 9.17) is 10.4 Å². The van der Waals surface area contributed by atoms with Crippen molar-refractivity contribution < 1.29 is 45.3 Å². The maximum Gasteiger partial charge on any atom is 0.323 e. The number of carbonyl (C=O) groups is 4. The van der Waals surface area contributed by atoms with Crippen molar-refractivity contribution in [3.05, 3.63) is 5.92 Å². The Morgan fingerprint density at radius 3 is 0.929 bits per heavy atom. The topological polar surface area (TPSA) is 146 Å². The van der Waals surface area contributed by atoms with Crippen LogP contribution in [0.1, 0.15) is 202 Å². The van der Waals surface area contributed by atoms with Gasteiger partial charge < -0.3 is 31.2 Å². The van der Waals surface area contributed by atoms with Crippen LogP contribution in [0.15, 0.2) is 0 Å². The molecule has 12 heteroatoms. The minimum absolute atomic E-state index is 0. The number of carboxylic acid groups (broad SMARTS) is 1. The number of nitrogens with one attached hydrogen (secondary N) is 2. The average Bonchev–Trinajstić information content (AvgIpc) is 3.95. The van der Waals surface area contributed by atoms with Crippen molar-refractivity contribution in [2.45, 2.75) is 249 Å². The predicted octanol–water partition coefficient (Wildman–Crippen LogP) is 12.0. The van der Waals surface area contributed by atoms with Crippen LogP contribution in [0.3, 0.4) is 0 Å². The first-order valence-electron chi connectivity index (χ1n) is 26.0. The monoisotopic (exact) mass is 1160 g/mol. The summed E-state index contributed by atoms with van der Waals surface area (Å²) in [6.07, 6.45) is 0. The van der Waals surface area contributed by atoms with Gasteiger partial charge in [-0.2, -0.15) is 19.1 Å². The third kappa shape index (κ3) is 23.7. The second-order valence-electron chi connectivity index (χ2n) is 23.9. The molecule has 5 saturated heterocycles. The fourth-order valence-electron chi connectivity index (χ4n) is 9.28. The molecule has 70 heavy (non-hydrogen) atoms. The van der Waals surface area contributed by atoms with Crippen LogP contribution >= 0.6 is 0 Å². The zero-order chi connectivity index (χ0) is 53.4. The SMILES string of the molecule is C.C.CC(=O)C(C)(C)N1CC(C)C(C)C1C.CC(=O)[C-](C)C.CC(C)=O.CC1CN(C(C)(C)C#N)C(C)C1C.CC1CN(C(C)(C)C(=O)O)C(C)C1C.CC1CNC(C)C1C.CC1CNC(C)C1C.[W]. The molecule has 0 aliphatic carbocycles. The molecule has 5 aliphatic rings. The molecule has 0 spiro atoms. The summed E-state index contributed by atoms with van der Waals surface area (Å²) in [5.74, 6) is 8.21. The van der Waals surface area contributed by atoms with Gasteiger partial charge in [-0.05, 0) is 182 Å². The molecule has 0 aromatic heterocycles. The molecule has 11 nitrogen and oxygen atoms in total. The molecular formula is C58H117N6O5W-. The fourth-order valence-corrected chi connectivity index (χ4v) is 9.28. The second kappa shape index (κ2) is 34.0. The largest absolute Gasteiger partial charge is 0.480 e. The minimum Gasteiger partial charge on any atom is -0.480 e. The summed E-state index contributed by atoms with van der Waals surface area (Å²) >= 11 is 0. The molecule has 416 valence electrons. The first-order chi connectivity index (χ1) is 30.3. The van der Waals surface area contributed by atoms with E-state index in [9.17, 15) is 19.2 Å². The van der Waals surface area contributed by atoms with Gasteiger partial charge in [0, 0.05) is 70.9 Å². The van der Waals surface area contributed by atoms with Gasteiger partial charge in [-0.1, -0.05) is 84.1 Å². The summed E-state index contributed by atoms with van der Waals surface area (Å²) in [4.78, 5) is 49.0. The Hall–Kier alpha value is -1.67. The van der Waals surface area contributed by atoms with E-state index in [1.165, 1.54) is 26.9 Å². The number of aliphatic carboxylic acids is 1. The number of hydrogen-bond acceptors (Lipinski definition) is 10. The van der Waals surface area contributed by atoms with E-state index in [2.05, 4.69) is 135 Å². The van der Waals surface area contributed by atoms with Crippen molar-refractivity contribution in [3.8, 4) is 6.07 Å². The quantitative estimate of drug-likeness (QED) is 0.219. The van der Waals surface area contributed by atoms with Crippen LogP contribution in [-0.4, -0.2) is 123 Å². The van der Waals surface area contributed by atoms with E-state index in [-0.39, 0.29) is 64.3 Å². The minimum atomic E-state index is -0.738. The summed E-state index contributed by atoms with van der Waals surface area (Å²) in [6, 6.07) is 5.27. The zero-order valence-electron chi connectivity index (χ0n) is 49.0. The van der Waals surface area contributed by atoms with E-state index in [1.54, 1.807) is 27.7 Å². The van der Waals surface area contributed by atoms with Gasteiger partial charge in [0.2, 0.25) is 0 Å². The summed E-state index contributed by atoms with van der Waals surface area (Å²) in [6.45, 7) is 60.9. The van der Waals surface area contributed by atoms with Gasteiger partial charge in [0.05, 0.1) is 11.6 Å². The summed E-state index contributed by atoms with van der Waals surface area (Å²) < 4.78 is 0. The van der Waals surface area contributed by atoms with E-state index in [1.807, 2.05) is 41.5 Å². The molecule has 5 fully saturated rings. The molecule has 0 amide bonds. The van der Waals surface area contributed by atoms with Crippen LogP contribution in [0.4, 0.5) is 0 Å². The number of carbonyl (C=O) groups excluding carboxylic acids is 3. The predicted molar refractivity (Wildman–Crippen MR) is 296 cm³/mol. The molecule has 5 rings (SSSR count). The van der Waals surface area contributed by atoms with Gasteiger partial charge in [-0.15, -0.1) is 0 Å². The Morgan fingerprint density at radius 2 is 0.786 bits per heavy atom. The number of likely N-dealkylation sites (tertiary alicyclic amines) is 3. The third-order valence-electron chi connectivity index (χ3n) is 17.3. The molecule has 0 bridgehead atoms. The number of carboxylic acids is 1. The number of ketones is 3. The molecule has 5 heterocycles. The van der Waals surface area contributed by atoms with Crippen LogP contribution in [-0.2, 0) is 40.2 Å². The Bertz CT molecular complexity index is 1450. The molecule has 0 radical (unpaired) electrons. The maximum absolute atomic E-state index is 11.6. The number of nitrogens with zero attached hydrogens (tertiary/aromatic N) is 4. The van der Waals surface area contributed by atoms with Gasteiger partial charge >= 0.3 is 5.97 Å². The number of nitriles is 1. The van der Waals surface area contributed by atoms with Gasteiger partial charge in [-0.25, -0.2) is 0 Å². The van der Waals surface area contributed by atoms with Gasteiger partial charge in [0.25, 0.3) is 0 Å². The molecule has 15 atom stereocenters. The Morgan fingerprint density at radius 1 is 0.529 bits per heavy atom. The molecule has 15 unspecified atom stereocenters. The molecule has 5 aliphatic heterocycles. The van der Waals surface area contributed by atoms with E-state index < -0.39 is 11.5 Å². The molecule has 0 saturated carbocycles. The summed E-state index contributed by atoms with van der Waals surface area (Å²) in [7, 11) is 0. The first kappa shape index (κ1) is 77.2. The van der Waals surface area contributed by atoms with Gasteiger partial charge in [0.15, 0.2) is 0 Å². The smallest absolute Gasteiger partial charge is 0.323 e. The van der Waals surface area contributed by atoms with Crippen molar-refractivity contribution in [2.24, 2.45) is 59.2 Å². The van der Waals surface area contributed by atoms with Crippen LogP contribution in [0.5, 0.6) is 0 Å². The Balaban J connectivity index is -0.000000240. The van der Waals surface area contributed by atoms with Crippen molar-refractivity contribution in [3.63, 3.8) is 0 Å². The zero-order valence-corrected chi connectivity index (χ0v) is 51.9. The molecule has 3 N–H and O–H groups in total. The van der Waals surface area contributed by atoms with E-state index in [0.29, 0.717) is 53.6 Å². The van der Waals surface area contributed by atoms with Crippen LogP contribution in [0.2, 0.25) is 0 Å². The van der Waals surface area contributed by atoms with Crippen LogP contribution in [0.25, 0.3) is 0 Å². The number of hydrogen-bond donors (Lipinski definition) is 3. The maximum atomic E-state index is 11.6. The third-order valence-corrected chi connectivity index (χ3v) is 17.3. The van der Waals surface area contributed by atoms with Gasteiger partial charge in [-0.3, -0.25) is 24.3 Å². The fraction of sp³-hybridized carbons (Fsp3) is 0.897. The average molecular weight is 1160 g/mol. The van der Waals surface area contributed by atoms with Crippen LogP contribution in [0, 0.1) is 76.4 Å². The van der Waals surface area contributed by atoms with E-state index >= 15 is 0 Å². The molecule has 0 aromatic carbocycles. The van der Waals surface area contributed by atoms with Crippen molar-refractivity contribution in [1.29, 1.82) is 5.26 Å². The Labute approximate surface area is 449 Å². The normalized spacial score (nSPS) is 32.6. The standard InChI is InChI=1S/C12H23NO.C11H20N2.C11H21NO2.2C7H15N.C5H9O.C3H6O.2CH4.W/c1-8-7-13(10(3)9(8)2)12(5,6)11(4)14;1-8-6-13(10(3)9(8)2)11(4,5)7-12;1-7-6-12(9(3)8(7)2)11(4,5)10(13)14;2*1-5-4-8-7(3)6(5)2;1-4(2)5(3)6;1-3(2)4;;;/h8-10H,7H2,1-6H3;8-10H,6H2,1-5H3;7-9H,6H2,1-5H3,(H,13,14);2*5-8H,4H2,1-3H3;1-3H3;1-2H3;2*1H4;/q;;;;;-1;;;;. The summed E-state index contributed by atoms with van der Waals surface area (Å²) in [5, 5.41) is 25.0. The van der Waals surface area contributed by atoms with E-state index in [0.717, 1.165) is 61.3 Å². The van der Waals surface area contributed by atoms with Crippen molar-refractivity contribution in [1.82, 2.24) is 25.3 Å². The van der Waals surface area contributed by atoms with Crippen LogP contribution < -0.4 is 10.6 Å². The second-order valence-corrected chi connectivity index (χ2v) is 23.9. The number of rotatable bonds is 6. The Kier molecular flexibility index (Phi) is 37.5. The van der Waals surface area contributed by atoms with Gasteiger partial charge in [0.1, 0.15) is 22.6 Å². The number of Topliss-reactive ketones (excluding diaryl/α,β-unsaturated/α-hetero) is 3. The summed E-state index contributed by atoms with van der Waals surface area (Å²) in [5.41, 5.74) is -1.34. The van der Waals surface area contributed by atoms with Crippen molar-refractivity contribution in [2.75, 3.05) is 32.7 Å². The first-order valence-corrected chi connectivity index (χ1v) is 26.0. The molecular weight excluding hydrogens is 1040 g/mol.